The minimum absolute atomic E-state index is 0.00273. The van der Waals surface area contributed by atoms with Crippen LogP contribution >= 0.6 is 23.5 Å². The largest absolute Gasteiger partial charge is 0.394 e. The Morgan fingerprint density at radius 1 is 1.08 bits per heavy atom. The summed E-state index contributed by atoms with van der Waals surface area (Å²) in [6.07, 6.45) is 0. The van der Waals surface area contributed by atoms with Gasteiger partial charge in [0.1, 0.15) is 5.70 Å². The fourth-order valence-corrected chi connectivity index (χ4v) is 3.13. The van der Waals surface area contributed by atoms with Crippen LogP contribution < -0.4 is 5.73 Å². The third-order valence-electron chi connectivity index (χ3n) is 1.71. The van der Waals surface area contributed by atoms with Crippen molar-refractivity contribution in [3.8, 4) is 0 Å². The molecule has 2 N–H and O–H groups in total. The van der Waals surface area contributed by atoms with Crippen LogP contribution in [-0.2, 0) is 9.59 Å². The van der Waals surface area contributed by atoms with E-state index in [1.165, 1.54) is 0 Å². The van der Waals surface area contributed by atoms with Crippen LogP contribution in [0.5, 0.6) is 0 Å². The standard InChI is InChI=1S/C7H5NO2S2/c1-2-4-5(12-6(2)9)3(8)7(10)11-4/h8H2,1H3. The fourth-order valence-electron chi connectivity index (χ4n) is 1.02. The maximum Gasteiger partial charge on any atom is 0.241 e. The molecule has 0 amide bonds. The number of carbonyl (C=O) groups is 2. The number of hydrogen-bond donors (Lipinski definition) is 1. The van der Waals surface area contributed by atoms with Crippen LogP contribution in [0.1, 0.15) is 6.92 Å². The molecule has 0 atom stereocenters. The summed E-state index contributed by atoms with van der Waals surface area (Å²) in [6, 6.07) is 0. The van der Waals surface area contributed by atoms with Crippen molar-refractivity contribution in [3.63, 3.8) is 0 Å². The van der Waals surface area contributed by atoms with Crippen molar-refractivity contribution in [3.05, 3.63) is 21.1 Å². The van der Waals surface area contributed by atoms with E-state index in [9.17, 15) is 9.59 Å². The summed E-state index contributed by atoms with van der Waals surface area (Å²) in [7, 11) is 0. The first-order valence-corrected chi connectivity index (χ1v) is 4.90. The highest BCUT2D eigenvalue weighted by Gasteiger charge is 2.36. The Morgan fingerprint density at radius 2 is 1.67 bits per heavy atom. The molecule has 62 valence electrons. The molecule has 0 radical (unpaired) electrons. The summed E-state index contributed by atoms with van der Waals surface area (Å²) in [5.74, 6) is 0. The van der Waals surface area contributed by atoms with Gasteiger partial charge in [-0.05, 0) is 30.4 Å². The number of hydrogen-bond acceptors (Lipinski definition) is 5. The summed E-state index contributed by atoms with van der Waals surface area (Å²) >= 11 is 2.11. The molecule has 2 rings (SSSR count). The Balaban J connectivity index is 2.59. The van der Waals surface area contributed by atoms with E-state index < -0.39 is 0 Å². The zero-order chi connectivity index (χ0) is 8.88. The predicted molar refractivity (Wildman–Crippen MR) is 49.1 cm³/mol. The molecule has 5 heteroatoms. The van der Waals surface area contributed by atoms with Crippen LogP contribution in [0.25, 0.3) is 0 Å². The molecule has 12 heavy (non-hydrogen) atoms. The van der Waals surface area contributed by atoms with Crippen molar-refractivity contribution >= 4 is 33.8 Å². The van der Waals surface area contributed by atoms with Crippen LogP contribution in [0, 0.1) is 0 Å². The van der Waals surface area contributed by atoms with Crippen LogP contribution in [0.4, 0.5) is 0 Å². The van der Waals surface area contributed by atoms with Gasteiger partial charge in [0, 0.05) is 10.5 Å². The van der Waals surface area contributed by atoms with Gasteiger partial charge < -0.3 is 5.73 Å². The smallest absolute Gasteiger partial charge is 0.241 e. The molecule has 0 unspecified atom stereocenters. The van der Waals surface area contributed by atoms with Gasteiger partial charge in [0.25, 0.3) is 0 Å². The monoisotopic (exact) mass is 199 g/mol. The van der Waals surface area contributed by atoms with Crippen molar-refractivity contribution in [2.75, 3.05) is 0 Å². The molecule has 0 spiro atoms. The molecule has 0 fully saturated rings. The summed E-state index contributed by atoms with van der Waals surface area (Å²) in [5.41, 5.74) is 6.36. The highest BCUT2D eigenvalue weighted by molar-refractivity contribution is 8.24. The molecule has 0 aromatic carbocycles. The molecule has 0 aromatic rings. The van der Waals surface area contributed by atoms with Crippen molar-refractivity contribution in [1.29, 1.82) is 0 Å². The highest BCUT2D eigenvalue weighted by atomic mass is 32.2. The summed E-state index contributed by atoms with van der Waals surface area (Å²) in [6.45, 7) is 1.72. The Morgan fingerprint density at radius 3 is 2.25 bits per heavy atom. The van der Waals surface area contributed by atoms with Gasteiger partial charge >= 0.3 is 0 Å². The van der Waals surface area contributed by atoms with Gasteiger partial charge in [-0.2, -0.15) is 0 Å². The molecule has 0 bridgehead atoms. The maximum absolute atomic E-state index is 11.1. The van der Waals surface area contributed by atoms with Gasteiger partial charge in [0.15, 0.2) is 0 Å². The first kappa shape index (κ1) is 7.94. The molecule has 2 aliphatic rings. The van der Waals surface area contributed by atoms with E-state index in [0.29, 0.717) is 10.5 Å². The molecule has 0 aromatic heterocycles. The topological polar surface area (TPSA) is 60.2 Å². The van der Waals surface area contributed by atoms with Crippen molar-refractivity contribution in [2.45, 2.75) is 6.92 Å². The van der Waals surface area contributed by atoms with E-state index in [4.69, 9.17) is 5.73 Å². The van der Waals surface area contributed by atoms with Crippen molar-refractivity contribution < 1.29 is 9.59 Å². The lowest BCUT2D eigenvalue weighted by molar-refractivity contribution is -0.108. The van der Waals surface area contributed by atoms with Crippen molar-refractivity contribution in [1.82, 2.24) is 0 Å². The SMILES string of the molecule is CC1=C2SC(=O)C(N)=C2SC1=O. The van der Waals surface area contributed by atoms with E-state index in [1.807, 2.05) is 0 Å². The summed E-state index contributed by atoms with van der Waals surface area (Å²) in [4.78, 5) is 23.6. The third kappa shape index (κ3) is 0.864. The summed E-state index contributed by atoms with van der Waals surface area (Å²) < 4.78 is 0. The Kier molecular flexibility index (Phi) is 1.59. The number of thioether (sulfide) groups is 2. The van der Waals surface area contributed by atoms with Crippen molar-refractivity contribution in [2.24, 2.45) is 5.73 Å². The average molecular weight is 199 g/mol. The zero-order valence-electron chi connectivity index (χ0n) is 6.21. The third-order valence-corrected chi connectivity index (χ3v) is 4.08. The molecule has 0 aliphatic carbocycles. The van der Waals surface area contributed by atoms with Gasteiger partial charge in [-0.3, -0.25) is 9.59 Å². The van der Waals surface area contributed by atoms with Crippen LogP contribution in [0.2, 0.25) is 0 Å². The second-order valence-electron chi connectivity index (χ2n) is 2.48. The lowest BCUT2D eigenvalue weighted by atomic mass is 10.3. The lowest BCUT2D eigenvalue weighted by Gasteiger charge is -1.90. The van der Waals surface area contributed by atoms with E-state index in [-0.39, 0.29) is 15.9 Å². The quantitative estimate of drug-likeness (QED) is 0.630. The Hall–Kier alpha value is -0.680. The minimum atomic E-state index is -0.139. The predicted octanol–water partition coefficient (Wildman–Crippen LogP) is 0.978. The Labute approximate surface area is 77.4 Å². The second-order valence-corrected chi connectivity index (χ2v) is 4.44. The van der Waals surface area contributed by atoms with Crippen LogP contribution in [-0.4, -0.2) is 10.2 Å². The second kappa shape index (κ2) is 2.40. The van der Waals surface area contributed by atoms with E-state index in [0.717, 1.165) is 28.4 Å². The molecular weight excluding hydrogens is 194 g/mol. The number of fused-ring (bicyclic) bond motifs is 1. The lowest BCUT2D eigenvalue weighted by Crippen LogP contribution is -2.04. The molecular formula is C7H5NO2S2. The van der Waals surface area contributed by atoms with E-state index >= 15 is 0 Å². The number of carbonyl (C=O) groups excluding carboxylic acids is 2. The fraction of sp³-hybridized carbons (Fsp3) is 0.143. The Bertz CT molecular complexity index is 332. The van der Waals surface area contributed by atoms with Crippen LogP contribution in [0.3, 0.4) is 0 Å². The molecule has 0 saturated carbocycles. The normalized spacial score (nSPS) is 22.8. The van der Waals surface area contributed by atoms with Crippen LogP contribution in [0.15, 0.2) is 21.1 Å². The van der Waals surface area contributed by atoms with Gasteiger partial charge in [0.2, 0.25) is 10.2 Å². The maximum atomic E-state index is 11.1. The summed E-state index contributed by atoms with van der Waals surface area (Å²) in [5, 5.41) is -0.137. The van der Waals surface area contributed by atoms with Gasteiger partial charge in [-0.15, -0.1) is 0 Å². The van der Waals surface area contributed by atoms with Gasteiger partial charge in [-0.1, -0.05) is 0 Å². The molecule has 0 saturated heterocycles. The van der Waals surface area contributed by atoms with Gasteiger partial charge in [0.05, 0.1) is 4.91 Å². The zero-order valence-corrected chi connectivity index (χ0v) is 7.84. The van der Waals surface area contributed by atoms with Gasteiger partial charge in [-0.25, -0.2) is 0 Å². The molecule has 2 heterocycles. The average Bonchev–Trinajstić information content (AvgIpc) is 2.43. The highest BCUT2D eigenvalue weighted by Crippen LogP contribution is 2.49. The van der Waals surface area contributed by atoms with E-state index in [2.05, 4.69) is 0 Å². The number of rotatable bonds is 0. The molecule has 3 nitrogen and oxygen atoms in total. The minimum Gasteiger partial charge on any atom is -0.394 e. The van der Waals surface area contributed by atoms with E-state index in [1.54, 1.807) is 6.92 Å². The first-order chi connectivity index (χ1) is 5.61. The first-order valence-electron chi connectivity index (χ1n) is 3.26. The number of nitrogens with two attached hydrogens (primary N) is 1. The molecule has 2 aliphatic heterocycles.